The Morgan fingerprint density at radius 3 is 1.91 bits per heavy atom. The fourth-order valence-electron chi connectivity index (χ4n) is 7.84. The van der Waals surface area contributed by atoms with Gasteiger partial charge in [0.1, 0.15) is 18.9 Å². The third-order valence-corrected chi connectivity index (χ3v) is 12.3. The van der Waals surface area contributed by atoms with E-state index in [2.05, 4.69) is 109 Å². The number of nitrogens with zero attached hydrogens (tertiary/aromatic N) is 4. The first-order valence-electron chi connectivity index (χ1n) is 19.3. The van der Waals surface area contributed by atoms with Crippen LogP contribution in [-0.4, -0.2) is 77.4 Å². The van der Waals surface area contributed by atoms with Gasteiger partial charge in [-0.3, -0.25) is 0 Å². The number of aromatic nitrogens is 2. The molecule has 2 aliphatic heterocycles. The molecule has 0 bridgehead atoms. The van der Waals surface area contributed by atoms with Crippen LogP contribution >= 0.6 is 0 Å². The van der Waals surface area contributed by atoms with Crippen LogP contribution in [0, 0.1) is 0 Å². The Balaban J connectivity index is 1.28. The van der Waals surface area contributed by atoms with Crippen LogP contribution in [0.5, 0.6) is 0 Å². The predicted molar refractivity (Wildman–Crippen MR) is 218 cm³/mol. The first-order chi connectivity index (χ1) is 26.0. The minimum absolute atomic E-state index is 0.0299. The highest BCUT2D eigenvalue weighted by molar-refractivity contribution is 6.76. The molecule has 2 aliphatic rings. The summed E-state index contributed by atoms with van der Waals surface area (Å²) in [4.78, 5) is 19.6. The van der Waals surface area contributed by atoms with Crippen LogP contribution in [0.1, 0.15) is 36.1 Å². The maximum Gasteiger partial charge on any atom is 0.321 e. The number of hydrogen-bond acceptors (Lipinski definition) is 6. The molecule has 0 saturated carbocycles. The van der Waals surface area contributed by atoms with E-state index in [1.807, 2.05) is 65.8 Å². The minimum Gasteiger partial charge on any atom is -0.388 e. The lowest BCUT2D eigenvalue weighted by Crippen LogP contribution is -2.51. The van der Waals surface area contributed by atoms with E-state index in [0.29, 0.717) is 32.7 Å². The fraction of sp³-hybridized carbons (Fsp3) is 0.409. The first kappa shape index (κ1) is 37.8. The Hall–Kier alpha value is -4.48. The average Bonchev–Trinajstić information content (AvgIpc) is 3.70. The van der Waals surface area contributed by atoms with Crippen molar-refractivity contribution in [1.29, 1.82) is 0 Å². The summed E-state index contributed by atoms with van der Waals surface area (Å²) < 4.78 is 21.8. The van der Waals surface area contributed by atoms with E-state index in [-0.39, 0.29) is 30.3 Å². The summed E-state index contributed by atoms with van der Waals surface area (Å²) in [6.45, 7) is 13.1. The normalized spacial score (nSPS) is 21.3. The lowest BCUT2D eigenvalue weighted by molar-refractivity contribution is -0.157. The third kappa shape index (κ3) is 8.89. The number of amides is 2. The molecule has 4 atom stereocenters. The van der Waals surface area contributed by atoms with Gasteiger partial charge in [-0.2, -0.15) is 5.10 Å². The zero-order valence-electron chi connectivity index (χ0n) is 32.6. The van der Waals surface area contributed by atoms with E-state index in [1.165, 1.54) is 0 Å². The van der Waals surface area contributed by atoms with E-state index >= 15 is 4.79 Å². The van der Waals surface area contributed by atoms with Crippen LogP contribution in [0.25, 0.3) is 10.9 Å². The van der Waals surface area contributed by atoms with Crippen LogP contribution in [0.3, 0.4) is 0 Å². The van der Waals surface area contributed by atoms with Gasteiger partial charge in [-0.25, -0.2) is 9.48 Å². The fourth-order valence-corrected chi connectivity index (χ4v) is 8.59. The molecule has 5 aromatic rings. The van der Waals surface area contributed by atoms with Crippen molar-refractivity contribution >= 4 is 30.7 Å². The zero-order chi connectivity index (χ0) is 37.9. The SMILES string of the molecule is CNc1cccc(CN2C(=O)N(Cc3ccc4c(cnn4COCC[Si](C)(C)C)c3)[C@H](Cc3ccccc3)[C@@H]3OC(C)(C)O[C@H]3[C@H]2Cc2ccccc2)c1. The van der Waals surface area contributed by atoms with Crippen molar-refractivity contribution in [3.8, 4) is 0 Å². The molecule has 4 aromatic carbocycles. The number of urea groups is 1. The van der Waals surface area contributed by atoms with Gasteiger partial charge >= 0.3 is 6.03 Å². The molecule has 0 radical (unpaired) electrons. The number of nitrogens with one attached hydrogen (secondary N) is 1. The summed E-state index contributed by atoms with van der Waals surface area (Å²) in [5, 5.41) is 8.96. The largest absolute Gasteiger partial charge is 0.388 e. The van der Waals surface area contributed by atoms with E-state index < -0.39 is 13.9 Å². The molecule has 0 aliphatic carbocycles. The molecular weight excluding hydrogens is 691 g/mol. The second-order valence-electron chi connectivity index (χ2n) is 16.5. The molecule has 1 N–H and O–H groups in total. The number of rotatable bonds is 14. The number of carbonyl (C=O) groups excluding carboxylic acids is 1. The summed E-state index contributed by atoms with van der Waals surface area (Å²) in [6.07, 6.45) is 2.43. The molecule has 1 aromatic heterocycles. The van der Waals surface area contributed by atoms with Gasteiger partial charge in [-0.15, -0.1) is 0 Å². The van der Waals surface area contributed by atoms with Crippen LogP contribution in [-0.2, 0) is 46.9 Å². The number of hydrogen-bond donors (Lipinski definition) is 1. The van der Waals surface area contributed by atoms with Gasteiger partial charge in [0.05, 0.1) is 23.8 Å². The molecule has 2 fully saturated rings. The lowest BCUT2D eigenvalue weighted by atomic mass is 9.91. The number of anilines is 1. The van der Waals surface area contributed by atoms with Gasteiger partial charge in [0.25, 0.3) is 0 Å². The van der Waals surface area contributed by atoms with Crippen molar-refractivity contribution in [2.45, 2.75) is 102 Å². The third-order valence-electron chi connectivity index (χ3n) is 10.6. The number of carbonyl (C=O) groups is 1. The first-order valence-corrected chi connectivity index (χ1v) is 23.0. The molecular formula is C44H55N5O4Si. The van der Waals surface area contributed by atoms with E-state index in [4.69, 9.17) is 14.2 Å². The maximum atomic E-state index is 15.5. The van der Waals surface area contributed by atoms with Crippen LogP contribution in [0.15, 0.2) is 109 Å². The summed E-state index contributed by atoms with van der Waals surface area (Å²) >= 11 is 0. The molecule has 2 saturated heterocycles. The minimum atomic E-state index is -1.18. The molecule has 3 heterocycles. The van der Waals surface area contributed by atoms with Gasteiger partial charge in [-0.1, -0.05) is 98.5 Å². The molecule has 2 amide bonds. The van der Waals surface area contributed by atoms with Crippen molar-refractivity contribution in [3.05, 3.63) is 132 Å². The van der Waals surface area contributed by atoms with Crippen molar-refractivity contribution < 1.29 is 19.0 Å². The van der Waals surface area contributed by atoms with Gasteiger partial charge in [0.15, 0.2) is 5.79 Å². The Labute approximate surface area is 321 Å². The summed E-state index contributed by atoms with van der Waals surface area (Å²) in [6, 6.07) is 36.0. The second kappa shape index (κ2) is 16.1. The topological polar surface area (TPSA) is 81.1 Å². The molecule has 10 heteroatoms. The van der Waals surface area contributed by atoms with Gasteiger partial charge < -0.3 is 29.3 Å². The number of ether oxygens (including phenoxy) is 3. The predicted octanol–water partition coefficient (Wildman–Crippen LogP) is 8.57. The van der Waals surface area contributed by atoms with E-state index in [9.17, 15) is 0 Å². The molecule has 284 valence electrons. The van der Waals surface area contributed by atoms with E-state index in [1.54, 1.807) is 0 Å². The summed E-state index contributed by atoms with van der Waals surface area (Å²) in [5.41, 5.74) is 6.39. The smallest absolute Gasteiger partial charge is 0.321 e. The van der Waals surface area contributed by atoms with E-state index in [0.717, 1.165) is 51.5 Å². The number of benzene rings is 4. The molecule has 54 heavy (non-hydrogen) atoms. The highest BCUT2D eigenvalue weighted by Gasteiger charge is 2.55. The Bertz CT molecular complexity index is 2010. The Morgan fingerprint density at radius 1 is 0.759 bits per heavy atom. The molecule has 0 spiro atoms. The second-order valence-corrected chi connectivity index (χ2v) is 22.1. The highest BCUT2D eigenvalue weighted by Crippen LogP contribution is 2.40. The van der Waals surface area contributed by atoms with Crippen LogP contribution < -0.4 is 5.32 Å². The van der Waals surface area contributed by atoms with Gasteiger partial charge in [-0.05, 0) is 79.3 Å². The quantitative estimate of drug-likeness (QED) is 0.0907. The Morgan fingerprint density at radius 2 is 1.33 bits per heavy atom. The van der Waals surface area contributed by atoms with Crippen LogP contribution in [0.2, 0.25) is 25.7 Å². The average molecular weight is 746 g/mol. The van der Waals surface area contributed by atoms with Crippen molar-refractivity contribution in [3.63, 3.8) is 0 Å². The summed E-state index contributed by atoms with van der Waals surface area (Å²) in [7, 11) is 0.735. The molecule has 7 rings (SSSR count). The van der Waals surface area contributed by atoms with Crippen molar-refractivity contribution in [2.75, 3.05) is 19.0 Å². The maximum absolute atomic E-state index is 15.5. The van der Waals surface area contributed by atoms with Gasteiger partial charge in [0.2, 0.25) is 0 Å². The Kier molecular flexibility index (Phi) is 11.3. The summed E-state index contributed by atoms with van der Waals surface area (Å²) in [5.74, 6) is -0.826. The van der Waals surface area contributed by atoms with Crippen LogP contribution in [0.4, 0.5) is 10.5 Å². The standard InChI is InChI=1S/C44H55N5O4Si/c1-44(2)52-41-39(26-32-14-9-7-10-15-32)47(29-34-18-13-19-37(25-34)45-3)43(50)48(40(42(41)53-44)27-33-16-11-8-12-17-33)30-35-20-21-38-36(24-35)28-46-49(38)31-51-22-23-54(4,5)6/h7-21,24-25,28,39-42,45H,22-23,26-27,29-31H2,1-6H3/t39-,40-,41+,42+/m1/s1. The van der Waals surface area contributed by atoms with Crippen molar-refractivity contribution in [1.82, 2.24) is 19.6 Å². The lowest BCUT2D eigenvalue weighted by Gasteiger charge is -2.37. The number of fused-ring (bicyclic) bond motifs is 2. The van der Waals surface area contributed by atoms with Crippen molar-refractivity contribution in [2.24, 2.45) is 0 Å². The zero-order valence-corrected chi connectivity index (χ0v) is 33.6. The molecule has 0 unspecified atom stereocenters. The molecule has 9 nitrogen and oxygen atoms in total. The highest BCUT2D eigenvalue weighted by atomic mass is 28.3. The van der Waals surface area contributed by atoms with Gasteiger partial charge in [0, 0.05) is 45.9 Å². The monoisotopic (exact) mass is 745 g/mol.